The lowest BCUT2D eigenvalue weighted by Crippen LogP contribution is -2.23. The van der Waals surface area contributed by atoms with Crippen LogP contribution in [0.5, 0.6) is 0 Å². The third-order valence-corrected chi connectivity index (χ3v) is 2.76. The van der Waals surface area contributed by atoms with E-state index < -0.39 is 0 Å². The lowest BCUT2D eigenvalue weighted by Gasteiger charge is -2.15. The first-order chi connectivity index (χ1) is 7.52. The SMILES string of the molecule is CC(C)CNCC(C)C.NC1CCCCC1. The molecule has 2 heteroatoms. The van der Waals surface area contributed by atoms with Crippen molar-refractivity contribution in [3.63, 3.8) is 0 Å². The molecule has 2 nitrogen and oxygen atoms in total. The van der Waals surface area contributed by atoms with Gasteiger partial charge in [-0.15, -0.1) is 0 Å². The van der Waals surface area contributed by atoms with E-state index in [0.29, 0.717) is 6.04 Å². The van der Waals surface area contributed by atoms with E-state index in [-0.39, 0.29) is 0 Å². The van der Waals surface area contributed by atoms with Gasteiger partial charge in [0.1, 0.15) is 0 Å². The molecule has 0 unspecified atom stereocenters. The molecule has 0 aromatic heterocycles. The molecule has 0 heterocycles. The summed E-state index contributed by atoms with van der Waals surface area (Å²) in [7, 11) is 0. The zero-order valence-corrected chi connectivity index (χ0v) is 11.8. The highest BCUT2D eigenvalue weighted by Gasteiger charge is 2.06. The minimum atomic E-state index is 0.536. The monoisotopic (exact) mass is 228 g/mol. The van der Waals surface area contributed by atoms with E-state index in [4.69, 9.17) is 5.73 Å². The van der Waals surface area contributed by atoms with E-state index in [2.05, 4.69) is 33.0 Å². The molecule has 0 amide bonds. The van der Waals surface area contributed by atoms with Gasteiger partial charge in [-0.1, -0.05) is 47.0 Å². The van der Waals surface area contributed by atoms with Gasteiger partial charge in [-0.05, 0) is 37.8 Å². The molecule has 3 N–H and O–H groups in total. The fraction of sp³-hybridized carbons (Fsp3) is 1.00. The van der Waals surface area contributed by atoms with Gasteiger partial charge in [0.15, 0.2) is 0 Å². The number of hydrogen-bond acceptors (Lipinski definition) is 2. The number of nitrogens with two attached hydrogens (primary N) is 1. The first-order valence-corrected chi connectivity index (χ1v) is 6.98. The largest absolute Gasteiger partial charge is 0.328 e. The molecule has 0 atom stereocenters. The molecular formula is C14H32N2. The predicted molar refractivity (Wildman–Crippen MR) is 73.6 cm³/mol. The number of rotatable bonds is 4. The Kier molecular flexibility index (Phi) is 10.0. The zero-order chi connectivity index (χ0) is 12.4. The maximum Gasteiger partial charge on any atom is 0.00388 e. The summed E-state index contributed by atoms with van der Waals surface area (Å²) >= 11 is 0. The van der Waals surface area contributed by atoms with Gasteiger partial charge in [-0.25, -0.2) is 0 Å². The van der Waals surface area contributed by atoms with E-state index >= 15 is 0 Å². The lowest BCUT2D eigenvalue weighted by molar-refractivity contribution is 0.441. The van der Waals surface area contributed by atoms with Crippen LogP contribution in [0.4, 0.5) is 0 Å². The van der Waals surface area contributed by atoms with Crippen LogP contribution in [0.2, 0.25) is 0 Å². The van der Waals surface area contributed by atoms with Gasteiger partial charge in [-0.3, -0.25) is 0 Å². The molecule has 0 aliphatic heterocycles. The van der Waals surface area contributed by atoms with E-state index in [1.807, 2.05) is 0 Å². The summed E-state index contributed by atoms with van der Waals surface area (Å²) < 4.78 is 0. The van der Waals surface area contributed by atoms with Crippen molar-refractivity contribution in [2.75, 3.05) is 13.1 Å². The molecule has 0 aromatic rings. The van der Waals surface area contributed by atoms with E-state index in [9.17, 15) is 0 Å². The minimum Gasteiger partial charge on any atom is -0.328 e. The van der Waals surface area contributed by atoms with Crippen LogP contribution in [-0.4, -0.2) is 19.1 Å². The lowest BCUT2D eigenvalue weighted by atomic mass is 9.97. The van der Waals surface area contributed by atoms with Crippen molar-refractivity contribution < 1.29 is 0 Å². The van der Waals surface area contributed by atoms with Crippen molar-refractivity contribution in [2.24, 2.45) is 17.6 Å². The third-order valence-electron chi connectivity index (χ3n) is 2.76. The average molecular weight is 228 g/mol. The molecule has 1 rings (SSSR count). The average Bonchev–Trinajstić information content (AvgIpc) is 2.18. The molecule has 0 saturated heterocycles. The Morgan fingerprint density at radius 2 is 1.38 bits per heavy atom. The first kappa shape index (κ1) is 15.9. The Labute approximate surface area is 102 Å². The van der Waals surface area contributed by atoms with Gasteiger partial charge >= 0.3 is 0 Å². The molecule has 0 spiro atoms. The summed E-state index contributed by atoms with van der Waals surface area (Å²) in [6, 6.07) is 0.536. The normalized spacial score (nSPS) is 17.4. The second kappa shape index (κ2) is 10.1. The van der Waals surface area contributed by atoms with Crippen LogP contribution in [0, 0.1) is 11.8 Å². The Morgan fingerprint density at radius 3 is 1.62 bits per heavy atom. The van der Waals surface area contributed by atoms with Crippen LogP contribution < -0.4 is 11.1 Å². The first-order valence-electron chi connectivity index (χ1n) is 6.98. The Bertz CT molecular complexity index is 130. The molecule has 0 bridgehead atoms. The summed E-state index contributed by atoms with van der Waals surface area (Å²) in [5, 5.41) is 3.38. The zero-order valence-electron chi connectivity index (χ0n) is 11.8. The van der Waals surface area contributed by atoms with Crippen LogP contribution >= 0.6 is 0 Å². The smallest absolute Gasteiger partial charge is 0.00388 e. The van der Waals surface area contributed by atoms with Crippen LogP contribution in [0.15, 0.2) is 0 Å². The number of hydrogen-bond donors (Lipinski definition) is 2. The molecular weight excluding hydrogens is 196 g/mol. The molecule has 1 aliphatic rings. The topological polar surface area (TPSA) is 38.0 Å². The molecule has 16 heavy (non-hydrogen) atoms. The van der Waals surface area contributed by atoms with Crippen molar-refractivity contribution in [3.8, 4) is 0 Å². The van der Waals surface area contributed by atoms with Crippen LogP contribution in [0.25, 0.3) is 0 Å². The second-order valence-electron chi connectivity index (χ2n) is 5.84. The maximum absolute atomic E-state index is 5.63. The summed E-state index contributed by atoms with van der Waals surface area (Å²) in [5.41, 5.74) is 5.63. The molecule has 98 valence electrons. The minimum absolute atomic E-state index is 0.536. The second-order valence-corrected chi connectivity index (χ2v) is 5.84. The fourth-order valence-electron chi connectivity index (χ4n) is 1.79. The maximum atomic E-state index is 5.63. The van der Waals surface area contributed by atoms with Gasteiger partial charge in [-0.2, -0.15) is 0 Å². The molecule has 1 saturated carbocycles. The van der Waals surface area contributed by atoms with Crippen molar-refractivity contribution in [2.45, 2.75) is 65.8 Å². The van der Waals surface area contributed by atoms with E-state index in [1.54, 1.807) is 0 Å². The molecule has 1 fully saturated rings. The summed E-state index contributed by atoms with van der Waals surface area (Å²) in [4.78, 5) is 0. The Morgan fingerprint density at radius 1 is 0.938 bits per heavy atom. The van der Waals surface area contributed by atoms with Crippen molar-refractivity contribution in [1.29, 1.82) is 0 Å². The van der Waals surface area contributed by atoms with Gasteiger partial charge in [0.05, 0.1) is 0 Å². The third kappa shape index (κ3) is 12.0. The highest BCUT2D eigenvalue weighted by molar-refractivity contribution is 4.66. The highest BCUT2D eigenvalue weighted by atomic mass is 14.9. The van der Waals surface area contributed by atoms with Crippen molar-refractivity contribution in [1.82, 2.24) is 5.32 Å². The highest BCUT2D eigenvalue weighted by Crippen LogP contribution is 2.14. The van der Waals surface area contributed by atoms with Crippen molar-refractivity contribution >= 4 is 0 Å². The van der Waals surface area contributed by atoms with Crippen LogP contribution in [0.3, 0.4) is 0 Å². The van der Waals surface area contributed by atoms with Gasteiger partial charge in [0.2, 0.25) is 0 Å². The molecule has 1 aliphatic carbocycles. The van der Waals surface area contributed by atoms with Crippen LogP contribution in [0.1, 0.15) is 59.8 Å². The molecule has 0 aromatic carbocycles. The van der Waals surface area contributed by atoms with Gasteiger partial charge < -0.3 is 11.1 Å². The fourth-order valence-corrected chi connectivity index (χ4v) is 1.79. The summed E-state index contributed by atoms with van der Waals surface area (Å²) in [5.74, 6) is 1.56. The van der Waals surface area contributed by atoms with Gasteiger partial charge in [0, 0.05) is 6.04 Å². The summed E-state index contributed by atoms with van der Waals surface area (Å²) in [6.45, 7) is 11.2. The Hall–Kier alpha value is -0.0800. The quantitative estimate of drug-likeness (QED) is 0.775. The van der Waals surface area contributed by atoms with E-state index in [1.165, 1.54) is 32.1 Å². The van der Waals surface area contributed by atoms with Crippen molar-refractivity contribution in [3.05, 3.63) is 0 Å². The Balaban J connectivity index is 0.000000288. The predicted octanol–water partition coefficient (Wildman–Crippen LogP) is 3.17. The standard InChI is InChI=1S/C8H19N.C6H13N/c1-7(2)5-9-6-8(3)4;7-6-4-2-1-3-5-6/h7-9H,5-6H2,1-4H3;6H,1-5,7H2. The number of nitrogens with one attached hydrogen (secondary N) is 1. The van der Waals surface area contributed by atoms with E-state index in [0.717, 1.165) is 24.9 Å². The molecule has 0 radical (unpaired) electrons. The van der Waals surface area contributed by atoms with Crippen LogP contribution in [-0.2, 0) is 0 Å². The van der Waals surface area contributed by atoms with Gasteiger partial charge in [0.25, 0.3) is 0 Å². The summed E-state index contributed by atoms with van der Waals surface area (Å²) in [6.07, 6.45) is 6.66.